The second-order valence-electron chi connectivity index (χ2n) is 9.54. The number of rotatable bonds is 6. The molecule has 7 rings (SSSR count). The van der Waals surface area contributed by atoms with Crippen molar-refractivity contribution in [3.8, 4) is 11.8 Å². The topological polar surface area (TPSA) is 77.7 Å². The lowest BCUT2D eigenvalue weighted by atomic mass is 9.53. The zero-order chi connectivity index (χ0) is 20.9. The van der Waals surface area contributed by atoms with Crippen LogP contribution in [0, 0.1) is 11.8 Å². The standard InChI is InChI=1S/C24H31N5O2/c30-22-20-18-6-7-19(17-5-4-16(17)18)21(20)23(31)29(22)11-2-1-10-27-12-14-28(15-13-27)24-25-8-3-9-26-24/h3-5,8-9,16-19,30-31H,1-2,6-7,10-15H2/t16?,17?,18-,19?/m0/s1. The van der Waals surface area contributed by atoms with Crippen LogP contribution in [0.1, 0.15) is 48.6 Å². The van der Waals surface area contributed by atoms with E-state index in [2.05, 4.69) is 31.9 Å². The van der Waals surface area contributed by atoms with Gasteiger partial charge < -0.3 is 15.1 Å². The Balaban J connectivity index is 1.03. The predicted molar refractivity (Wildman–Crippen MR) is 119 cm³/mol. The van der Waals surface area contributed by atoms with Gasteiger partial charge in [0.1, 0.15) is 0 Å². The Labute approximate surface area is 183 Å². The second kappa shape index (κ2) is 7.55. The molecule has 31 heavy (non-hydrogen) atoms. The summed E-state index contributed by atoms with van der Waals surface area (Å²) in [6, 6.07) is 1.85. The zero-order valence-corrected chi connectivity index (χ0v) is 17.9. The van der Waals surface area contributed by atoms with E-state index in [9.17, 15) is 10.2 Å². The summed E-state index contributed by atoms with van der Waals surface area (Å²) in [7, 11) is 0. The average molecular weight is 422 g/mol. The summed E-state index contributed by atoms with van der Waals surface area (Å²) in [4.78, 5) is 13.4. The third-order valence-corrected chi connectivity index (χ3v) is 8.06. The number of aromatic hydroxyl groups is 2. The Morgan fingerprint density at radius 2 is 1.39 bits per heavy atom. The fraction of sp³-hybridized carbons (Fsp3) is 0.583. The molecule has 0 amide bonds. The molecule has 3 heterocycles. The largest absolute Gasteiger partial charge is 0.494 e. The van der Waals surface area contributed by atoms with E-state index in [-0.39, 0.29) is 0 Å². The summed E-state index contributed by atoms with van der Waals surface area (Å²) in [5.41, 5.74) is 2.11. The quantitative estimate of drug-likeness (QED) is 0.551. The van der Waals surface area contributed by atoms with Gasteiger partial charge in [-0.05, 0) is 62.0 Å². The molecular formula is C24H31N5O2. The monoisotopic (exact) mass is 421 g/mol. The Bertz CT molecular complexity index is 936. The molecule has 7 nitrogen and oxygen atoms in total. The molecule has 7 heteroatoms. The molecule has 1 saturated heterocycles. The SMILES string of the molecule is Oc1c2c(c(O)n1CCCCN1CCN(c3ncccn3)CC1)[C@H]1CCC2C2C=CC21. The lowest BCUT2D eigenvalue weighted by molar-refractivity contribution is 0.194. The lowest BCUT2D eigenvalue weighted by Gasteiger charge is -2.50. The van der Waals surface area contributed by atoms with Crippen molar-refractivity contribution in [2.45, 2.75) is 44.1 Å². The van der Waals surface area contributed by atoms with Crippen molar-refractivity contribution in [3.63, 3.8) is 0 Å². The van der Waals surface area contributed by atoms with Crippen molar-refractivity contribution in [2.75, 3.05) is 37.6 Å². The molecule has 164 valence electrons. The van der Waals surface area contributed by atoms with Gasteiger partial charge in [-0.1, -0.05) is 12.2 Å². The number of hydrogen-bond acceptors (Lipinski definition) is 6. The van der Waals surface area contributed by atoms with Crippen molar-refractivity contribution in [3.05, 3.63) is 41.7 Å². The normalized spacial score (nSPS) is 29.0. The van der Waals surface area contributed by atoms with E-state index < -0.39 is 0 Å². The van der Waals surface area contributed by atoms with Gasteiger partial charge >= 0.3 is 0 Å². The van der Waals surface area contributed by atoms with Crippen molar-refractivity contribution in [2.24, 2.45) is 11.8 Å². The maximum Gasteiger partial charge on any atom is 0.225 e. The molecule has 3 unspecified atom stereocenters. The summed E-state index contributed by atoms with van der Waals surface area (Å²) in [5, 5.41) is 21.9. The molecule has 2 fully saturated rings. The second-order valence-corrected chi connectivity index (χ2v) is 9.54. The van der Waals surface area contributed by atoms with Gasteiger partial charge in [-0.3, -0.25) is 9.47 Å². The first kappa shape index (κ1) is 19.2. The molecule has 0 spiro atoms. The Kier molecular flexibility index (Phi) is 4.67. The van der Waals surface area contributed by atoms with Crippen LogP contribution in [0.5, 0.6) is 11.8 Å². The van der Waals surface area contributed by atoms with E-state index in [0.29, 0.717) is 42.0 Å². The summed E-state index contributed by atoms with van der Waals surface area (Å²) < 4.78 is 1.78. The van der Waals surface area contributed by atoms with Crippen LogP contribution >= 0.6 is 0 Å². The number of aromatic nitrogens is 3. The van der Waals surface area contributed by atoms with Crippen molar-refractivity contribution >= 4 is 5.95 Å². The molecule has 2 bridgehead atoms. The lowest BCUT2D eigenvalue weighted by Crippen LogP contribution is -2.47. The van der Waals surface area contributed by atoms with Crippen LogP contribution in [0.4, 0.5) is 5.95 Å². The molecule has 4 aliphatic carbocycles. The molecule has 1 saturated carbocycles. The van der Waals surface area contributed by atoms with E-state index in [1.165, 1.54) is 0 Å². The van der Waals surface area contributed by atoms with Crippen LogP contribution in [0.3, 0.4) is 0 Å². The summed E-state index contributed by atoms with van der Waals surface area (Å²) in [6.07, 6.45) is 12.5. The van der Waals surface area contributed by atoms with Crippen molar-refractivity contribution in [1.82, 2.24) is 19.4 Å². The van der Waals surface area contributed by atoms with Crippen LogP contribution in [0.15, 0.2) is 30.6 Å². The number of unbranched alkanes of at least 4 members (excludes halogenated alkanes) is 1. The van der Waals surface area contributed by atoms with Gasteiger partial charge in [0.05, 0.1) is 0 Å². The molecule has 4 atom stereocenters. The van der Waals surface area contributed by atoms with Gasteiger partial charge in [0, 0.05) is 56.2 Å². The molecule has 2 N–H and O–H groups in total. The highest BCUT2D eigenvalue weighted by molar-refractivity contribution is 5.56. The first-order chi connectivity index (χ1) is 15.2. The number of allylic oxidation sites excluding steroid dienone is 2. The Morgan fingerprint density at radius 3 is 1.97 bits per heavy atom. The minimum atomic E-state index is 0.331. The average Bonchev–Trinajstić information content (AvgIpc) is 3.04. The third kappa shape index (κ3) is 3.04. The van der Waals surface area contributed by atoms with Gasteiger partial charge in [-0.2, -0.15) is 0 Å². The summed E-state index contributed by atoms with van der Waals surface area (Å²) in [6.45, 7) is 5.68. The third-order valence-electron chi connectivity index (χ3n) is 8.06. The Morgan fingerprint density at radius 1 is 0.806 bits per heavy atom. The zero-order valence-electron chi connectivity index (χ0n) is 17.9. The van der Waals surface area contributed by atoms with Crippen LogP contribution in [-0.2, 0) is 6.54 Å². The molecule has 2 aromatic rings. The van der Waals surface area contributed by atoms with E-state index >= 15 is 0 Å². The van der Waals surface area contributed by atoms with E-state index in [0.717, 1.165) is 75.5 Å². The molecule has 5 aliphatic rings. The van der Waals surface area contributed by atoms with Gasteiger partial charge in [-0.15, -0.1) is 0 Å². The summed E-state index contributed by atoms with van der Waals surface area (Å²) >= 11 is 0. The highest BCUT2D eigenvalue weighted by Crippen LogP contribution is 2.64. The van der Waals surface area contributed by atoms with E-state index in [1.54, 1.807) is 17.0 Å². The first-order valence-corrected chi connectivity index (χ1v) is 11.8. The van der Waals surface area contributed by atoms with Crippen LogP contribution in [-0.4, -0.2) is 62.4 Å². The fourth-order valence-corrected chi connectivity index (χ4v) is 6.40. The van der Waals surface area contributed by atoms with Crippen LogP contribution < -0.4 is 4.90 Å². The van der Waals surface area contributed by atoms with Crippen LogP contribution in [0.25, 0.3) is 0 Å². The van der Waals surface area contributed by atoms with Crippen molar-refractivity contribution < 1.29 is 10.2 Å². The molecule has 0 aromatic carbocycles. The number of piperazine rings is 1. The molecule has 2 aromatic heterocycles. The van der Waals surface area contributed by atoms with Gasteiger partial charge in [0.15, 0.2) is 11.8 Å². The fourth-order valence-electron chi connectivity index (χ4n) is 6.40. The van der Waals surface area contributed by atoms with Crippen LogP contribution in [0.2, 0.25) is 0 Å². The molecule has 1 aliphatic heterocycles. The maximum atomic E-state index is 10.9. The number of anilines is 1. The minimum absolute atomic E-state index is 0.331. The number of hydrogen-bond donors (Lipinski definition) is 2. The van der Waals surface area contributed by atoms with Gasteiger partial charge in [0.25, 0.3) is 0 Å². The Hall–Kier alpha value is -2.54. The van der Waals surface area contributed by atoms with E-state index in [4.69, 9.17) is 0 Å². The maximum absolute atomic E-state index is 10.9. The smallest absolute Gasteiger partial charge is 0.225 e. The molecular weight excluding hydrogens is 390 g/mol. The predicted octanol–water partition coefficient (Wildman–Crippen LogP) is 3.07. The minimum Gasteiger partial charge on any atom is -0.494 e. The highest BCUT2D eigenvalue weighted by atomic mass is 16.3. The summed E-state index contributed by atoms with van der Waals surface area (Å²) in [5.74, 6) is 3.43. The van der Waals surface area contributed by atoms with Crippen molar-refractivity contribution in [1.29, 1.82) is 0 Å². The number of fused-ring (bicyclic) bond motifs is 1. The van der Waals surface area contributed by atoms with Gasteiger partial charge in [-0.25, -0.2) is 9.97 Å². The van der Waals surface area contributed by atoms with E-state index in [1.807, 2.05) is 6.07 Å². The number of nitrogens with zero attached hydrogens (tertiary/aromatic N) is 5. The first-order valence-electron chi connectivity index (χ1n) is 11.8. The molecule has 0 radical (unpaired) electrons. The van der Waals surface area contributed by atoms with Gasteiger partial charge in [0.2, 0.25) is 5.95 Å². The highest BCUT2D eigenvalue weighted by Gasteiger charge is 2.52.